The van der Waals surface area contributed by atoms with Gasteiger partial charge in [-0.05, 0) is 41.8 Å². The molecule has 0 spiro atoms. The molecule has 2 aromatic rings. The third kappa shape index (κ3) is 8.18. The lowest BCUT2D eigenvalue weighted by Crippen LogP contribution is -2.19. The van der Waals surface area contributed by atoms with Crippen molar-refractivity contribution in [2.45, 2.75) is 24.2 Å². The van der Waals surface area contributed by atoms with Crippen molar-refractivity contribution >= 4 is 33.6 Å². The molecule has 0 bridgehead atoms. The van der Waals surface area contributed by atoms with Gasteiger partial charge in [-0.2, -0.15) is 0 Å². The first-order valence-electron chi connectivity index (χ1n) is 10.6. The van der Waals surface area contributed by atoms with Gasteiger partial charge in [0.1, 0.15) is 0 Å². The predicted molar refractivity (Wildman–Crippen MR) is 134 cm³/mol. The van der Waals surface area contributed by atoms with Crippen LogP contribution in [0.4, 0.5) is 5.69 Å². The van der Waals surface area contributed by atoms with Gasteiger partial charge in [-0.3, -0.25) is 4.79 Å². The van der Waals surface area contributed by atoms with Gasteiger partial charge in [0.25, 0.3) is 0 Å². The summed E-state index contributed by atoms with van der Waals surface area (Å²) >= 11 is 0. The number of carbonyl (C=O) groups excluding carboxylic acids is 1. The third-order valence-corrected chi connectivity index (χ3v) is 6.80. The van der Waals surface area contributed by atoms with Crippen LogP contribution in [-0.4, -0.2) is 40.8 Å². The highest BCUT2D eigenvalue weighted by molar-refractivity contribution is 7.91. The van der Waals surface area contributed by atoms with Crippen molar-refractivity contribution in [3.05, 3.63) is 59.7 Å². The molecule has 2 aromatic carbocycles. The molecule has 0 fully saturated rings. The SMILES string of the molecule is C#CCC(CC#C)C(=O)OCCCS(=O)(=O)c1ccc(/C=C/c2ccc(N(C)C)cc2)cc1. The molecular formula is C27H29NO4S. The normalized spacial score (nSPS) is 11.2. The highest BCUT2D eigenvalue weighted by Gasteiger charge is 2.19. The van der Waals surface area contributed by atoms with Crippen LogP contribution in [0.25, 0.3) is 12.2 Å². The Morgan fingerprint density at radius 3 is 1.97 bits per heavy atom. The van der Waals surface area contributed by atoms with Gasteiger partial charge in [-0.25, -0.2) is 8.42 Å². The first-order valence-corrected chi connectivity index (χ1v) is 12.2. The van der Waals surface area contributed by atoms with E-state index in [9.17, 15) is 13.2 Å². The molecule has 33 heavy (non-hydrogen) atoms. The van der Waals surface area contributed by atoms with Crippen molar-refractivity contribution in [1.29, 1.82) is 0 Å². The third-order valence-electron chi connectivity index (χ3n) is 4.98. The van der Waals surface area contributed by atoms with Crippen LogP contribution in [-0.2, 0) is 19.4 Å². The van der Waals surface area contributed by atoms with Gasteiger partial charge in [0.15, 0.2) is 9.84 Å². The molecule has 0 unspecified atom stereocenters. The van der Waals surface area contributed by atoms with Crippen molar-refractivity contribution in [3.63, 3.8) is 0 Å². The molecule has 0 aliphatic rings. The van der Waals surface area contributed by atoms with Gasteiger partial charge in [-0.1, -0.05) is 36.4 Å². The van der Waals surface area contributed by atoms with Crippen LogP contribution in [0, 0.1) is 30.6 Å². The fourth-order valence-electron chi connectivity index (χ4n) is 3.04. The molecule has 5 nitrogen and oxygen atoms in total. The van der Waals surface area contributed by atoms with Gasteiger partial charge in [0, 0.05) is 32.6 Å². The van der Waals surface area contributed by atoms with Crippen LogP contribution < -0.4 is 4.90 Å². The molecule has 0 N–H and O–H groups in total. The molecule has 0 radical (unpaired) electrons. The van der Waals surface area contributed by atoms with Crippen molar-refractivity contribution < 1.29 is 17.9 Å². The van der Waals surface area contributed by atoms with Gasteiger partial charge >= 0.3 is 5.97 Å². The van der Waals surface area contributed by atoms with Crippen molar-refractivity contribution in [3.8, 4) is 24.7 Å². The maximum atomic E-state index is 12.6. The molecule has 0 aliphatic carbocycles. The van der Waals surface area contributed by atoms with E-state index >= 15 is 0 Å². The fraction of sp³-hybridized carbons (Fsp3) is 0.296. The molecule has 0 heterocycles. The quantitative estimate of drug-likeness (QED) is 0.215. The van der Waals surface area contributed by atoms with Crippen LogP contribution in [0.1, 0.15) is 30.4 Å². The number of terminal acetylenes is 2. The maximum absolute atomic E-state index is 12.6. The smallest absolute Gasteiger partial charge is 0.310 e. The first-order chi connectivity index (χ1) is 15.8. The first kappa shape index (κ1) is 25.8. The van der Waals surface area contributed by atoms with E-state index in [1.807, 2.05) is 55.4 Å². The topological polar surface area (TPSA) is 63.7 Å². The van der Waals surface area contributed by atoms with E-state index in [-0.39, 0.29) is 36.5 Å². The summed E-state index contributed by atoms with van der Waals surface area (Å²) in [7, 11) is 0.501. The number of benzene rings is 2. The second-order valence-corrected chi connectivity index (χ2v) is 9.85. The summed E-state index contributed by atoms with van der Waals surface area (Å²) in [6.45, 7) is -0.00284. The highest BCUT2D eigenvalue weighted by Crippen LogP contribution is 2.17. The molecule has 0 aromatic heterocycles. The van der Waals surface area contributed by atoms with Crippen LogP contribution in [0.5, 0.6) is 0 Å². The average molecular weight is 464 g/mol. The number of hydrogen-bond acceptors (Lipinski definition) is 5. The lowest BCUT2D eigenvalue weighted by Gasteiger charge is -2.11. The largest absolute Gasteiger partial charge is 0.465 e. The van der Waals surface area contributed by atoms with E-state index in [1.165, 1.54) is 0 Å². The summed E-state index contributed by atoms with van der Waals surface area (Å²) in [5, 5.41) is 0. The van der Waals surface area contributed by atoms with Gasteiger partial charge in [0.2, 0.25) is 0 Å². The monoisotopic (exact) mass is 463 g/mol. The molecule has 0 saturated heterocycles. The molecule has 0 amide bonds. The summed E-state index contributed by atoms with van der Waals surface area (Å²) in [5.41, 5.74) is 3.07. The number of esters is 1. The summed E-state index contributed by atoms with van der Waals surface area (Å²) in [6.07, 6.45) is 15.0. The minimum atomic E-state index is -3.48. The standard InChI is InChI=1S/C27H29NO4S/c1-5-8-24(9-6-2)27(29)32-20-7-21-33(30,31)26-18-14-23(15-19-26)11-10-22-12-16-25(17-13-22)28(3)4/h1-2,10-19,24H,7-9,20-21H2,3-4H3/b11-10+. The predicted octanol–water partition coefficient (Wildman–Crippen LogP) is 4.29. The van der Waals surface area contributed by atoms with Gasteiger partial charge in [0.05, 0.1) is 23.2 Å². The van der Waals surface area contributed by atoms with E-state index in [4.69, 9.17) is 17.6 Å². The molecule has 6 heteroatoms. The molecule has 2 rings (SSSR count). The number of rotatable bonds is 11. The Morgan fingerprint density at radius 2 is 1.48 bits per heavy atom. The second kappa shape index (κ2) is 12.5. The minimum Gasteiger partial charge on any atom is -0.465 e. The lowest BCUT2D eigenvalue weighted by atomic mass is 10.0. The fourth-order valence-corrected chi connectivity index (χ4v) is 4.33. The molecule has 0 aliphatic heterocycles. The Bertz CT molecular complexity index is 1120. The zero-order valence-electron chi connectivity index (χ0n) is 19.0. The molecule has 0 atom stereocenters. The number of carbonyl (C=O) groups is 1. The summed E-state index contributed by atoms with van der Waals surface area (Å²) in [5.74, 6) is 3.63. The Labute approximate surface area is 197 Å². The maximum Gasteiger partial charge on any atom is 0.310 e. The van der Waals surface area contributed by atoms with Gasteiger partial charge in [-0.15, -0.1) is 24.7 Å². The van der Waals surface area contributed by atoms with Crippen molar-refractivity contribution in [2.75, 3.05) is 31.4 Å². The van der Waals surface area contributed by atoms with Crippen LogP contribution in [0.2, 0.25) is 0 Å². The lowest BCUT2D eigenvalue weighted by molar-refractivity contribution is -0.148. The number of hydrogen-bond donors (Lipinski definition) is 0. The molecule has 0 saturated carbocycles. The van der Waals surface area contributed by atoms with E-state index in [0.29, 0.717) is 0 Å². The Balaban J connectivity index is 1.89. The van der Waals surface area contributed by atoms with E-state index in [1.54, 1.807) is 24.3 Å². The van der Waals surface area contributed by atoms with Crippen LogP contribution >= 0.6 is 0 Å². The van der Waals surface area contributed by atoms with Gasteiger partial charge < -0.3 is 9.64 Å². The van der Waals surface area contributed by atoms with Crippen LogP contribution in [0.15, 0.2) is 53.4 Å². The van der Waals surface area contributed by atoms with E-state index in [2.05, 4.69) is 11.8 Å². The molecule has 172 valence electrons. The van der Waals surface area contributed by atoms with E-state index < -0.39 is 21.7 Å². The zero-order chi connectivity index (χ0) is 24.3. The van der Waals surface area contributed by atoms with Crippen molar-refractivity contribution in [2.24, 2.45) is 5.92 Å². The summed E-state index contributed by atoms with van der Waals surface area (Å²) in [4.78, 5) is 14.3. The minimum absolute atomic E-state index is 0.00284. The molecular weight excluding hydrogens is 434 g/mol. The van der Waals surface area contributed by atoms with E-state index in [0.717, 1.165) is 16.8 Å². The Kier molecular flexibility index (Phi) is 9.79. The Hall–Kier alpha value is -3.48. The number of nitrogens with zero attached hydrogens (tertiary/aromatic N) is 1. The summed E-state index contributed by atoms with van der Waals surface area (Å²) in [6, 6.07) is 14.8. The zero-order valence-corrected chi connectivity index (χ0v) is 19.8. The number of sulfone groups is 1. The summed E-state index contributed by atoms with van der Waals surface area (Å²) < 4.78 is 30.3. The highest BCUT2D eigenvalue weighted by atomic mass is 32.2. The Morgan fingerprint density at radius 1 is 0.970 bits per heavy atom. The number of ether oxygens (including phenoxy) is 1. The van der Waals surface area contributed by atoms with Crippen LogP contribution in [0.3, 0.4) is 0 Å². The number of anilines is 1. The van der Waals surface area contributed by atoms with Crippen molar-refractivity contribution in [1.82, 2.24) is 0 Å². The average Bonchev–Trinajstić information content (AvgIpc) is 2.80. The second-order valence-electron chi connectivity index (χ2n) is 7.74.